The van der Waals surface area contributed by atoms with E-state index < -0.39 is 0 Å². The molecule has 0 spiro atoms. The maximum Gasteiger partial charge on any atom is 0.111 e. The number of halogens is 1. The lowest BCUT2D eigenvalue weighted by molar-refractivity contribution is 1.30. The number of allylic oxidation sites excluding steroid dienone is 6. The molecule has 111 heavy (non-hydrogen) atoms. The molecule has 1 aliphatic rings. The largest absolute Gasteiger partial charge is 0.355 e. The summed E-state index contributed by atoms with van der Waals surface area (Å²) in [7, 11) is 0. The molecule has 0 atom stereocenters. The van der Waals surface area contributed by atoms with Crippen LogP contribution in [0.2, 0.25) is 5.02 Å². The molecule has 0 aliphatic heterocycles. The fourth-order valence-corrected chi connectivity index (χ4v) is 15.8. The Bertz CT molecular complexity index is 6670. The first kappa shape index (κ1) is 68.6. The Morgan fingerprint density at radius 1 is 0.243 bits per heavy atom. The monoisotopic (exact) mass is 1430 g/mol. The number of hydrogen-bond acceptors (Lipinski definition) is 2. The molecule has 522 valence electrons. The second-order valence-corrected chi connectivity index (χ2v) is 28.4. The van der Waals surface area contributed by atoms with Crippen LogP contribution in [0.4, 0.5) is 28.4 Å². The van der Waals surface area contributed by atoms with Crippen molar-refractivity contribution < 1.29 is 0 Å². The van der Waals surface area contributed by atoms with Gasteiger partial charge in [-0.1, -0.05) is 345 Å². The molecule has 0 saturated heterocycles. The van der Waals surface area contributed by atoms with Crippen molar-refractivity contribution >= 4 is 110 Å². The number of benzene rings is 19. The second-order valence-electron chi connectivity index (χ2n) is 28.0. The third kappa shape index (κ3) is 14.4. The van der Waals surface area contributed by atoms with E-state index in [0.717, 1.165) is 44.6 Å². The van der Waals surface area contributed by atoms with Gasteiger partial charge in [0.05, 0.1) is 17.3 Å². The lowest BCUT2D eigenvalue weighted by atomic mass is 9.90. The van der Waals surface area contributed by atoms with Gasteiger partial charge in [-0.05, 0) is 211 Å². The molecule has 19 aromatic rings. The Hall–Kier alpha value is -14.2. The van der Waals surface area contributed by atoms with Crippen LogP contribution in [-0.2, 0) is 0 Å². The predicted octanol–water partition coefficient (Wildman–Crippen LogP) is 30.8. The Balaban J connectivity index is 0.000000129. The first-order valence-electron chi connectivity index (χ1n) is 37.8. The number of fused-ring (bicyclic) bond motifs is 8. The molecule has 0 aromatic heterocycles. The van der Waals surface area contributed by atoms with Gasteiger partial charge in [0.25, 0.3) is 0 Å². The standard InChI is InChI=1S/C54H37N.C30H21N.C24H16Cl/c1-3-14-39(15-4-1)48-35-30-43(36-52(48)41-16-5-2-6-17-41)38-26-31-45(32-27-38)55(54-25-13-20-40-18-7-10-22-49(40)54)46-33-28-42(29-34-46)53-37-44-19-8-9-21-47(44)50-23-11-12-24-51(50)53;1-4-12-26-21(8-1)10-7-15-30(26)31-24-18-16-22(17-19-24)29-20-23-9-2-3-11-25(23)27-13-5-6-14-28(27)29;25-22-14-11-18(12-15-22)21-13-16-23(19-7-3-1-4-8-19)24(17-21)20-9-5-2-6-10-20/h1-37H;1-20,31H;1-5,7-17H/q;;+1. The van der Waals surface area contributed by atoms with Gasteiger partial charge < -0.3 is 10.2 Å². The average Bonchev–Trinajstić information content (AvgIpc) is 0.766. The van der Waals surface area contributed by atoms with Crippen LogP contribution < -0.4 is 10.2 Å². The normalized spacial score (nSPS) is 11.6. The van der Waals surface area contributed by atoms with Gasteiger partial charge in [-0.3, -0.25) is 0 Å². The third-order valence-corrected chi connectivity index (χ3v) is 21.4. The molecule has 3 heteroatoms. The first-order chi connectivity index (χ1) is 55.0. The van der Waals surface area contributed by atoms with Crippen molar-refractivity contribution in [3.05, 3.63) is 460 Å². The quantitative estimate of drug-likeness (QED) is 0.0914. The molecule has 0 bridgehead atoms. The highest BCUT2D eigenvalue weighted by Gasteiger charge is 2.20. The minimum atomic E-state index is 0.752. The predicted molar refractivity (Wildman–Crippen MR) is 477 cm³/mol. The zero-order valence-electron chi connectivity index (χ0n) is 61.0. The van der Waals surface area contributed by atoms with Crippen LogP contribution in [-0.4, -0.2) is 0 Å². The number of hydrogen-bond donors (Lipinski definition) is 1. The van der Waals surface area contributed by atoms with Gasteiger partial charge >= 0.3 is 0 Å². The molecule has 2 nitrogen and oxygen atoms in total. The minimum Gasteiger partial charge on any atom is -0.355 e. The van der Waals surface area contributed by atoms with Gasteiger partial charge in [0.2, 0.25) is 0 Å². The summed E-state index contributed by atoms with van der Waals surface area (Å²) < 4.78 is 0. The van der Waals surface area contributed by atoms with Gasteiger partial charge in [0, 0.05) is 61.8 Å². The van der Waals surface area contributed by atoms with E-state index in [2.05, 4.69) is 423 Å². The van der Waals surface area contributed by atoms with Crippen molar-refractivity contribution in [2.24, 2.45) is 0 Å². The summed E-state index contributed by atoms with van der Waals surface area (Å²) in [6.07, 6.45) is 11.3. The molecule has 0 amide bonds. The molecule has 0 unspecified atom stereocenters. The van der Waals surface area contributed by atoms with E-state index in [1.54, 1.807) is 0 Å². The summed E-state index contributed by atoms with van der Waals surface area (Å²) in [5.74, 6) is 0. The van der Waals surface area contributed by atoms with Crippen LogP contribution in [0.15, 0.2) is 443 Å². The van der Waals surface area contributed by atoms with Gasteiger partial charge in [-0.2, -0.15) is 0 Å². The molecular weight excluding hydrogens is 1360 g/mol. The average molecular weight is 1440 g/mol. The number of anilines is 5. The van der Waals surface area contributed by atoms with Crippen molar-refractivity contribution in [2.75, 3.05) is 10.2 Å². The van der Waals surface area contributed by atoms with Gasteiger partial charge in [-0.25, -0.2) is 0 Å². The van der Waals surface area contributed by atoms with E-state index in [9.17, 15) is 0 Å². The Morgan fingerprint density at radius 3 is 1.14 bits per heavy atom. The summed E-state index contributed by atoms with van der Waals surface area (Å²) in [4.78, 5) is 2.39. The Morgan fingerprint density at radius 2 is 0.622 bits per heavy atom. The van der Waals surface area contributed by atoms with Crippen molar-refractivity contribution in [3.8, 4) is 77.9 Å². The summed E-state index contributed by atoms with van der Waals surface area (Å²) in [6, 6.07) is 150. The van der Waals surface area contributed by atoms with E-state index in [0.29, 0.717) is 0 Å². The molecule has 0 saturated carbocycles. The fourth-order valence-electron chi connectivity index (χ4n) is 15.7. The molecule has 19 aromatic carbocycles. The summed E-state index contributed by atoms with van der Waals surface area (Å²) >= 11 is 6.03. The van der Waals surface area contributed by atoms with E-state index in [4.69, 9.17) is 11.6 Å². The van der Waals surface area contributed by atoms with Gasteiger partial charge in [0.15, 0.2) is 0 Å². The SMILES string of the molecule is Clc1ccc(-c2ccc(-c3ccccc3)c(C3=CC=C[C+]=C3)c2)cc1.c1ccc(-c2ccc(-c3ccc(N(c4ccc(-c5cc6ccccc6c6ccccc56)cc4)c4cccc5ccccc45)cc3)cc2-c2ccccc2)cc1.c1ccc2c(Nc3ccc(-c4cc5ccccc5c5ccccc45)cc3)cccc2c1. The zero-order chi connectivity index (χ0) is 74.2. The highest BCUT2D eigenvalue weighted by molar-refractivity contribution is 6.30. The van der Waals surface area contributed by atoms with Crippen LogP contribution >= 0.6 is 11.6 Å². The Kier molecular flexibility index (Phi) is 19.3. The van der Waals surface area contributed by atoms with Crippen LogP contribution in [0, 0.1) is 6.08 Å². The molecule has 0 fully saturated rings. The van der Waals surface area contributed by atoms with E-state index >= 15 is 0 Å². The van der Waals surface area contributed by atoms with Crippen molar-refractivity contribution in [3.63, 3.8) is 0 Å². The number of nitrogens with one attached hydrogen (secondary N) is 1. The first-order valence-corrected chi connectivity index (χ1v) is 38.2. The van der Waals surface area contributed by atoms with E-state index in [-0.39, 0.29) is 0 Å². The van der Waals surface area contributed by atoms with Gasteiger partial charge in [-0.15, -0.1) is 0 Å². The van der Waals surface area contributed by atoms with Crippen molar-refractivity contribution in [1.29, 1.82) is 0 Å². The summed E-state index contributed by atoms with van der Waals surface area (Å²) in [6.45, 7) is 0. The maximum atomic E-state index is 6.03. The third-order valence-electron chi connectivity index (χ3n) is 21.2. The van der Waals surface area contributed by atoms with Crippen molar-refractivity contribution in [1.82, 2.24) is 0 Å². The number of nitrogens with zero attached hydrogens (tertiary/aromatic N) is 1. The highest BCUT2D eigenvalue weighted by Crippen LogP contribution is 2.45. The molecule has 0 radical (unpaired) electrons. The second kappa shape index (κ2) is 31.3. The lowest BCUT2D eigenvalue weighted by Crippen LogP contribution is -2.10. The topological polar surface area (TPSA) is 15.3 Å². The number of rotatable bonds is 13. The van der Waals surface area contributed by atoms with Crippen LogP contribution in [0.3, 0.4) is 0 Å². The highest BCUT2D eigenvalue weighted by atomic mass is 35.5. The van der Waals surface area contributed by atoms with Crippen molar-refractivity contribution in [2.45, 2.75) is 0 Å². The maximum absolute atomic E-state index is 6.03. The summed E-state index contributed by atoms with van der Waals surface area (Å²) in [5.41, 5.74) is 24.9. The smallest absolute Gasteiger partial charge is 0.111 e. The molecule has 20 rings (SSSR count). The molecule has 1 N–H and O–H groups in total. The molecule has 1 aliphatic carbocycles. The zero-order valence-corrected chi connectivity index (χ0v) is 61.7. The Labute approximate surface area is 653 Å². The van der Waals surface area contributed by atoms with E-state index in [1.165, 1.54) is 143 Å². The van der Waals surface area contributed by atoms with E-state index in [1.807, 2.05) is 36.4 Å². The lowest BCUT2D eigenvalue weighted by Gasteiger charge is -2.27. The molecular formula is C108H74ClN2+. The molecule has 0 heterocycles. The van der Waals surface area contributed by atoms with Gasteiger partial charge in [0.1, 0.15) is 12.2 Å². The fraction of sp³-hybridized carbons (Fsp3) is 0. The summed E-state index contributed by atoms with van der Waals surface area (Å²) in [5, 5.41) is 19.5. The minimum absolute atomic E-state index is 0.752. The van der Waals surface area contributed by atoms with Crippen LogP contribution in [0.25, 0.3) is 148 Å². The van der Waals surface area contributed by atoms with Crippen LogP contribution in [0.1, 0.15) is 5.56 Å². The van der Waals surface area contributed by atoms with Crippen LogP contribution in [0.5, 0.6) is 0 Å².